The molecule has 2 aromatic carbocycles. The number of nitrogens with zero attached hydrogens (tertiary/aromatic N) is 1. The third kappa shape index (κ3) is 4.59. The number of aromatic nitrogens is 1. The molecule has 0 radical (unpaired) electrons. The zero-order chi connectivity index (χ0) is 17.8. The molecule has 0 aliphatic rings. The SMILES string of the molecule is CC(C)Oc1cccc(-c2nc(C(=O)Nc3cccc(Cl)c3)cs2)c1. The third-order valence-corrected chi connectivity index (χ3v) is 4.40. The van der Waals surface area contributed by atoms with Crippen LogP contribution in [0, 0.1) is 0 Å². The molecule has 0 saturated heterocycles. The summed E-state index contributed by atoms with van der Waals surface area (Å²) in [5.41, 5.74) is 1.93. The fourth-order valence-electron chi connectivity index (χ4n) is 2.25. The molecule has 0 atom stereocenters. The number of benzene rings is 2. The number of hydrogen-bond acceptors (Lipinski definition) is 4. The molecule has 0 aliphatic carbocycles. The molecule has 4 nitrogen and oxygen atoms in total. The normalized spacial score (nSPS) is 10.7. The van der Waals surface area contributed by atoms with Crippen LogP contribution in [0.5, 0.6) is 5.75 Å². The fraction of sp³-hybridized carbons (Fsp3) is 0.158. The van der Waals surface area contributed by atoms with E-state index in [1.54, 1.807) is 29.6 Å². The first-order valence-corrected chi connectivity index (χ1v) is 9.06. The molecule has 1 N–H and O–H groups in total. The number of anilines is 1. The first-order chi connectivity index (χ1) is 12.0. The van der Waals surface area contributed by atoms with E-state index in [-0.39, 0.29) is 12.0 Å². The maximum atomic E-state index is 12.3. The van der Waals surface area contributed by atoms with Crippen LogP contribution in [0.2, 0.25) is 5.02 Å². The van der Waals surface area contributed by atoms with Crippen LogP contribution in [0.25, 0.3) is 10.6 Å². The van der Waals surface area contributed by atoms with Crippen LogP contribution in [0.1, 0.15) is 24.3 Å². The second-order valence-electron chi connectivity index (χ2n) is 5.70. The third-order valence-electron chi connectivity index (χ3n) is 3.27. The van der Waals surface area contributed by atoms with Crippen LogP contribution in [0.15, 0.2) is 53.9 Å². The maximum absolute atomic E-state index is 12.3. The predicted molar refractivity (Wildman–Crippen MR) is 103 cm³/mol. The number of ether oxygens (including phenoxy) is 1. The fourth-order valence-corrected chi connectivity index (χ4v) is 3.23. The zero-order valence-corrected chi connectivity index (χ0v) is 15.4. The van der Waals surface area contributed by atoms with Gasteiger partial charge in [-0.3, -0.25) is 4.79 Å². The van der Waals surface area contributed by atoms with E-state index in [4.69, 9.17) is 16.3 Å². The van der Waals surface area contributed by atoms with E-state index in [0.29, 0.717) is 16.4 Å². The molecule has 0 saturated carbocycles. The number of carbonyl (C=O) groups excluding carboxylic acids is 1. The van der Waals surface area contributed by atoms with Crippen molar-refractivity contribution >= 4 is 34.5 Å². The molecular formula is C19H17ClN2O2S. The van der Waals surface area contributed by atoms with Crippen LogP contribution in [0.3, 0.4) is 0 Å². The Morgan fingerprint density at radius 2 is 2.00 bits per heavy atom. The van der Waals surface area contributed by atoms with Crippen molar-refractivity contribution in [3.8, 4) is 16.3 Å². The van der Waals surface area contributed by atoms with Crippen molar-refractivity contribution in [3.63, 3.8) is 0 Å². The number of rotatable bonds is 5. The van der Waals surface area contributed by atoms with Crippen LogP contribution in [-0.4, -0.2) is 17.0 Å². The minimum absolute atomic E-state index is 0.102. The first-order valence-electron chi connectivity index (χ1n) is 7.81. The summed E-state index contributed by atoms with van der Waals surface area (Å²) in [5, 5.41) is 5.88. The highest BCUT2D eigenvalue weighted by molar-refractivity contribution is 7.13. The van der Waals surface area contributed by atoms with Gasteiger partial charge < -0.3 is 10.1 Å². The summed E-state index contributed by atoms with van der Waals surface area (Å²) in [6, 6.07) is 14.7. The lowest BCUT2D eigenvalue weighted by Crippen LogP contribution is -2.12. The van der Waals surface area contributed by atoms with Gasteiger partial charge in [0.2, 0.25) is 0 Å². The van der Waals surface area contributed by atoms with Crippen LogP contribution >= 0.6 is 22.9 Å². The Hall–Kier alpha value is -2.37. The van der Waals surface area contributed by atoms with Gasteiger partial charge in [0.25, 0.3) is 5.91 Å². The molecule has 3 rings (SSSR count). The van der Waals surface area contributed by atoms with Crippen molar-refractivity contribution in [2.75, 3.05) is 5.32 Å². The molecule has 1 amide bonds. The second kappa shape index (κ2) is 7.68. The van der Waals surface area contributed by atoms with Crippen molar-refractivity contribution in [3.05, 3.63) is 64.6 Å². The lowest BCUT2D eigenvalue weighted by molar-refractivity contribution is 0.102. The van der Waals surface area contributed by atoms with Crippen LogP contribution < -0.4 is 10.1 Å². The van der Waals surface area contributed by atoms with Crippen molar-refractivity contribution < 1.29 is 9.53 Å². The first kappa shape index (κ1) is 17.5. The topological polar surface area (TPSA) is 51.2 Å². The van der Waals surface area contributed by atoms with E-state index in [0.717, 1.165) is 16.3 Å². The quantitative estimate of drug-likeness (QED) is 0.643. The van der Waals surface area contributed by atoms with Gasteiger partial charge in [0.05, 0.1) is 6.10 Å². The van der Waals surface area contributed by atoms with Gasteiger partial charge >= 0.3 is 0 Å². The van der Waals surface area contributed by atoms with Crippen LogP contribution in [0.4, 0.5) is 5.69 Å². The van der Waals surface area contributed by atoms with Gasteiger partial charge in [-0.05, 0) is 44.2 Å². The summed E-state index contributed by atoms with van der Waals surface area (Å²) >= 11 is 7.35. The van der Waals surface area contributed by atoms with E-state index in [1.807, 2.05) is 38.1 Å². The lowest BCUT2D eigenvalue weighted by Gasteiger charge is -2.10. The molecule has 0 bridgehead atoms. The summed E-state index contributed by atoms with van der Waals surface area (Å²) in [5.74, 6) is 0.520. The van der Waals surface area contributed by atoms with E-state index >= 15 is 0 Å². The average molecular weight is 373 g/mol. The van der Waals surface area contributed by atoms with Gasteiger partial charge in [-0.25, -0.2) is 4.98 Å². The van der Waals surface area contributed by atoms with E-state index in [1.165, 1.54) is 11.3 Å². The molecule has 3 aromatic rings. The highest BCUT2D eigenvalue weighted by Gasteiger charge is 2.13. The summed E-state index contributed by atoms with van der Waals surface area (Å²) < 4.78 is 5.71. The number of nitrogens with one attached hydrogen (secondary N) is 1. The Bertz CT molecular complexity index is 892. The minimum Gasteiger partial charge on any atom is -0.491 e. The Morgan fingerprint density at radius 3 is 2.76 bits per heavy atom. The Labute approximate surface area is 155 Å². The molecule has 0 fully saturated rings. The molecule has 0 aliphatic heterocycles. The van der Waals surface area contributed by atoms with Gasteiger partial charge in [-0.1, -0.05) is 29.8 Å². The standard InChI is InChI=1S/C19H17ClN2O2S/c1-12(2)24-16-8-3-5-13(9-16)19-22-17(11-25-19)18(23)21-15-7-4-6-14(20)10-15/h3-12H,1-2H3,(H,21,23). The van der Waals surface area contributed by atoms with Crippen molar-refractivity contribution in [2.24, 2.45) is 0 Å². The molecule has 128 valence electrons. The summed E-state index contributed by atoms with van der Waals surface area (Å²) in [7, 11) is 0. The van der Waals surface area contributed by atoms with E-state index in [2.05, 4.69) is 10.3 Å². The lowest BCUT2D eigenvalue weighted by atomic mass is 10.2. The minimum atomic E-state index is -0.264. The molecule has 6 heteroatoms. The number of carbonyl (C=O) groups is 1. The predicted octanol–water partition coefficient (Wildman–Crippen LogP) is 5.50. The summed E-state index contributed by atoms with van der Waals surface area (Å²) in [6.07, 6.45) is 0.102. The number of halogens is 1. The summed E-state index contributed by atoms with van der Waals surface area (Å²) in [4.78, 5) is 16.8. The van der Waals surface area contributed by atoms with Crippen LogP contribution in [-0.2, 0) is 0 Å². The van der Waals surface area contributed by atoms with Crippen molar-refractivity contribution in [2.45, 2.75) is 20.0 Å². The molecule has 25 heavy (non-hydrogen) atoms. The van der Waals surface area contributed by atoms with Crippen molar-refractivity contribution in [1.29, 1.82) is 0 Å². The number of thiazole rings is 1. The molecule has 1 aromatic heterocycles. The zero-order valence-electron chi connectivity index (χ0n) is 13.8. The van der Waals surface area contributed by atoms with Gasteiger partial charge in [-0.15, -0.1) is 11.3 Å². The van der Waals surface area contributed by atoms with Crippen molar-refractivity contribution in [1.82, 2.24) is 4.98 Å². The molecular weight excluding hydrogens is 356 g/mol. The Balaban J connectivity index is 1.77. The number of amides is 1. The van der Waals surface area contributed by atoms with E-state index in [9.17, 15) is 4.79 Å². The van der Waals surface area contributed by atoms with Gasteiger partial charge in [0, 0.05) is 21.7 Å². The highest BCUT2D eigenvalue weighted by Crippen LogP contribution is 2.27. The second-order valence-corrected chi connectivity index (χ2v) is 6.99. The monoisotopic (exact) mass is 372 g/mol. The van der Waals surface area contributed by atoms with Gasteiger partial charge in [-0.2, -0.15) is 0 Å². The largest absolute Gasteiger partial charge is 0.491 e. The van der Waals surface area contributed by atoms with Gasteiger partial charge in [0.15, 0.2) is 0 Å². The van der Waals surface area contributed by atoms with E-state index < -0.39 is 0 Å². The molecule has 0 spiro atoms. The average Bonchev–Trinajstić information content (AvgIpc) is 3.04. The van der Waals surface area contributed by atoms with Gasteiger partial charge in [0.1, 0.15) is 16.5 Å². The smallest absolute Gasteiger partial charge is 0.275 e. The highest BCUT2D eigenvalue weighted by atomic mass is 35.5. The number of hydrogen-bond donors (Lipinski definition) is 1. The Morgan fingerprint density at radius 1 is 1.20 bits per heavy atom. The maximum Gasteiger partial charge on any atom is 0.275 e. The Kier molecular flexibility index (Phi) is 5.36. The molecule has 0 unspecified atom stereocenters. The summed E-state index contributed by atoms with van der Waals surface area (Å²) in [6.45, 7) is 3.96. The molecule has 1 heterocycles.